The Balaban J connectivity index is 1.54. The van der Waals surface area contributed by atoms with Crippen molar-refractivity contribution in [2.75, 3.05) is 11.9 Å². The van der Waals surface area contributed by atoms with Crippen molar-refractivity contribution in [2.45, 2.75) is 12.8 Å². The molecule has 30 heavy (non-hydrogen) atoms. The van der Waals surface area contributed by atoms with Gasteiger partial charge in [-0.05, 0) is 49.2 Å². The predicted octanol–water partition coefficient (Wildman–Crippen LogP) is 4.89. The largest absolute Gasteiger partial charge is 0.369 e. The second kappa shape index (κ2) is 8.62. The molecule has 0 radical (unpaired) electrons. The first-order chi connectivity index (χ1) is 14.6. The molecule has 4 rings (SSSR count). The highest BCUT2D eigenvalue weighted by atomic mass is 19.1. The SMILES string of the molecule is N#Cc1ccc(CCCNc2nc(-c3ccc(F)cc3F)nc3ccccc23)nc1. The normalized spacial score (nSPS) is 10.7. The van der Waals surface area contributed by atoms with Crippen LogP contribution in [0.3, 0.4) is 0 Å². The zero-order chi connectivity index (χ0) is 20.9. The highest BCUT2D eigenvalue weighted by Gasteiger charge is 2.13. The first-order valence-electron chi connectivity index (χ1n) is 9.45. The highest BCUT2D eigenvalue weighted by molar-refractivity contribution is 5.90. The van der Waals surface area contributed by atoms with Gasteiger partial charge in [0.15, 0.2) is 5.82 Å². The number of hydrogen-bond acceptors (Lipinski definition) is 5. The minimum Gasteiger partial charge on any atom is -0.369 e. The van der Waals surface area contributed by atoms with Crippen molar-refractivity contribution in [3.8, 4) is 17.5 Å². The lowest BCUT2D eigenvalue weighted by Gasteiger charge is -2.11. The van der Waals surface area contributed by atoms with Crippen LogP contribution in [-0.4, -0.2) is 21.5 Å². The monoisotopic (exact) mass is 401 g/mol. The van der Waals surface area contributed by atoms with Crippen molar-refractivity contribution in [1.29, 1.82) is 5.26 Å². The van der Waals surface area contributed by atoms with Crippen molar-refractivity contribution in [2.24, 2.45) is 0 Å². The van der Waals surface area contributed by atoms with Gasteiger partial charge in [-0.1, -0.05) is 12.1 Å². The molecule has 0 amide bonds. The maximum absolute atomic E-state index is 14.2. The lowest BCUT2D eigenvalue weighted by molar-refractivity contribution is 0.585. The van der Waals surface area contributed by atoms with Crippen molar-refractivity contribution >= 4 is 16.7 Å². The molecule has 1 N–H and O–H groups in total. The maximum Gasteiger partial charge on any atom is 0.165 e. The number of rotatable bonds is 6. The molecule has 0 atom stereocenters. The molecule has 0 bridgehead atoms. The van der Waals surface area contributed by atoms with Crippen LogP contribution in [0, 0.1) is 23.0 Å². The zero-order valence-corrected chi connectivity index (χ0v) is 15.9. The molecule has 0 aliphatic carbocycles. The number of aryl methyl sites for hydroxylation is 1. The number of nitrogens with zero attached hydrogens (tertiary/aromatic N) is 4. The Hall–Kier alpha value is -3.92. The van der Waals surface area contributed by atoms with Crippen LogP contribution in [0.2, 0.25) is 0 Å². The molecular weight excluding hydrogens is 384 g/mol. The summed E-state index contributed by atoms with van der Waals surface area (Å²) in [5.74, 6) is -0.565. The molecule has 148 valence electrons. The molecule has 0 spiro atoms. The Morgan fingerprint density at radius 3 is 2.63 bits per heavy atom. The Kier molecular flexibility index (Phi) is 5.57. The van der Waals surface area contributed by atoms with Gasteiger partial charge in [-0.2, -0.15) is 5.26 Å². The number of anilines is 1. The van der Waals surface area contributed by atoms with E-state index in [1.54, 1.807) is 12.3 Å². The third-order valence-corrected chi connectivity index (χ3v) is 4.63. The summed E-state index contributed by atoms with van der Waals surface area (Å²) in [5.41, 5.74) is 2.25. The van der Waals surface area contributed by atoms with E-state index in [0.717, 1.165) is 30.0 Å². The Bertz CT molecular complexity index is 1230. The fourth-order valence-corrected chi connectivity index (χ4v) is 3.12. The first kappa shape index (κ1) is 19.4. The molecular formula is C23H17F2N5. The fraction of sp³-hybridized carbons (Fsp3) is 0.130. The quantitative estimate of drug-likeness (QED) is 0.466. The van der Waals surface area contributed by atoms with E-state index in [9.17, 15) is 8.78 Å². The Labute approximate surface area is 172 Å². The van der Waals surface area contributed by atoms with Crippen LogP contribution in [0.1, 0.15) is 17.7 Å². The van der Waals surface area contributed by atoms with Gasteiger partial charge in [-0.3, -0.25) is 4.98 Å². The molecule has 2 aromatic carbocycles. The van der Waals surface area contributed by atoms with Gasteiger partial charge in [0.05, 0.1) is 16.6 Å². The average molecular weight is 401 g/mol. The summed E-state index contributed by atoms with van der Waals surface area (Å²) < 4.78 is 27.5. The molecule has 7 heteroatoms. The summed E-state index contributed by atoms with van der Waals surface area (Å²) in [6.07, 6.45) is 3.09. The van der Waals surface area contributed by atoms with E-state index in [1.165, 1.54) is 12.1 Å². The topological polar surface area (TPSA) is 74.5 Å². The van der Waals surface area contributed by atoms with Gasteiger partial charge in [-0.15, -0.1) is 0 Å². The molecule has 0 unspecified atom stereocenters. The van der Waals surface area contributed by atoms with E-state index in [2.05, 4.69) is 20.3 Å². The van der Waals surface area contributed by atoms with Gasteiger partial charge in [-0.25, -0.2) is 18.7 Å². The molecule has 0 fully saturated rings. The van der Waals surface area contributed by atoms with E-state index < -0.39 is 11.6 Å². The van der Waals surface area contributed by atoms with Crippen molar-refractivity contribution in [3.63, 3.8) is 0 Å². The molecule has 2 heterocycles. The van der Waals surface area contributed by atoms with Crippen LogP contribution in [0.25, 0.3) is 22.3 Å². The van der Waals surface area contributed by atoms with Gasteiger partial charge < -0.3 is 5.32 Å². The fourth-order valence-electron chi connectivity index (χ4n) is 3.12. The predicted molar refractivity (Wildman–Crippen MR) is 111 cm³/mol. The van der Waals surface area contributed by atoms with E-state index >= 15 is 0 Å². The Morgan fingerprint density at radius 2 is 1.87 bits per heavy atom. The van der Waals surface area contributed by atoms with Crippen LogP contribution in [-0.2, 0) is 6.42 Å². The summed E-state index contributed by atoms with van der Waals surface area (Å²) in [6, 6.07) is 16.4. The number of halogens is 2. The smallest absolute Gasteiger partial charge is 0.165 e. The second-order valence-electron chi connectivity index (χ2n) is 6.72. The van der Waals surface area contributed by atoms with Crippen LogP contribution >= 0.6 is 0 Å². The average Bonchev–Trinajstić information content (AvgIpc) is 2.77. The van der Waals surface area contributed by atoms with Gasteiger partial charge in [0.1, 0.15) is 23.5 Å². The van der Waals surface area contributed by atoms with E-state index in [4.69, 9.17) is 5.26 Å². The van der Waals surface area contributed by atoms with Gasteiger partial charge in [0.25, 0.3) is 0 Å². The molecule has 5 nitrogen and oxygen atoms in total. The van der Waals surface area contributed by atoms with E-state index in [-0.39, 0.29) is 11.4 Å². The van der Waals surface area contributed by atoms with E-state index in [1.807, 2.05) is 36.4 Å². The van der Waals surface area contributed by atoms with Crippen molar-refractivity contribution in [3.05, 3.63) is 83.7 Å². The van der Waals surface area contributed by atoms with Gasteiger partial charge >= 0.3 is 0 Å². The first-order valence-corrected chi connectivity index (χ1v) is 9.45. The van der Waals surface area contributed by atoms with Gasteiger partial charge in [0.2, 0.25) is 0 Å². The second-order valence-corrected chi connectivity index (χ2v) is 6.72. The highest BCUT2D eigenvalue weighted by Crippen LogP contribution is 2.26. The molecule has 4 aromatic rings. The lowest BCUT2D eigenvalue weighted by Crippen LogP contribution is -2.07. The maximum atomic E-state index is 14.2. The number of benzene rings is 2. The van der Waals surface area contributed by atoms with Crippen molar-refractivity contribution in [1.82, 2.24) is 15.0 Å². The number of aromatic nitrogens is 3. The zero-order valence-electron chi connectivity index (χ0n) is 15.9. The van der Waals surface area contributed by atoms with E-state index in [0.29, 0.717) is 23.4 Å². The number of hydrogen-bond donors (Lipinski definition) is 1. The summed E-state index contributed by atoms with van der Waals surface area (Å²) in [7, 11) is 0. The van der Waals surface area contributed by atoms with Crippen molar-refractivity contribution < 1.29 is 8.78 Å². The Morgan fingerprint density at radius 1 is 1.00 bits per heavy atom. The van der Waals surface area contributed by atoms with Crippen LogP contribution < -0.4 is 5.32 Å². The van der Waals surface area contributed by atoms with Crippen LogP contribution in [0.15, 0.2) is 60.8 Å². The number of pyridine rings is 1. The number of nitrogens with one attached hydrogen (secondary N) is 1. The standard InChI is InChI=1S/C23H17F2N5/c24-16-8-10-18(20(25)12-16)23-29-21-6-2-1-5-19(21)22(30-23)27-11-3-4-17-9-7-15(13-26)14-28-17/h1-2,5-10,12,14H,3-4,11H2,(H,27,29,30). The van der Waals surface area contributed by atoms with Crippen LogP contribution in [0.4, 0.5) is 14.6 Å². The lowest BCUT2D eigenvalue weighted by atomic mass is 10.1. The molecule has 0 saturated carbocycles. The molecule has 0 aliphatic heterocycles. The number of nitriles is 1. The molecule has 2 aromatic heterocycles. The summed E-state index contributed by atoms with van der Waals surface area (Å²) in [6.45, 7) is 0.619. The molecule has 0 saturated heterocycles. The summed E-state index contributed by atoms with van der Waals surface area (Å²) >= 11 is 0. The minimum atomic E-state index is -0.705. The molecule has 0 aliphatic rings. The summed E-state index contributed by atoms with van der Waals surface area (Å²) in [4.78, 5) is 13.2. The third-order valence-electron chi connectivity index (χ3n) is 4.63. The summed E-state index contributed by atoms with van der Waals surface area (Å²) in [5, 5.41) is 12.9. The number of para-hydroxylation sites is 1. The minimum absolute atomic E-state index is 0.145. The van der Waals surface area contributed by atoms with Crippen LogP contribution in [0.5, 0.6) is 0 Å². The van der Waals surface area contributed by atoms with Gasteiger partial charge in [0, 0.05) is 29.9 Å². The third kappa shape index (κ3) is 4.23. The number of fused-ring (bicyclic) bond motifs is 1.